The van der Waals surface area contributed by atoms with E-state index >= 15 is 0 Å². The molecule has 3 aliphatic rings. The topological polar surface area (TPSA) is 71.2 Å². The first-order chi connectivity index (χ1) is 13.2. The Hall–Kier alpha value is -1.92. The van der Waals surface area contributed by atoms with Gasteiger partial charge >= 0.3 is 6.03 Å². The molecule has 2 heterocycles. The van der Waals surface area contributed by atoms with Gasteiger partial charge in [0.05, 0.1) is 5.69 Å². The first-order valence-electron chi connectivity index (χ1n) is 10.0. The minimum atomic E-state index is -0.0118. The molecule has 1 aromatic heterocycles. The number of carbonyl (C=O) groups excluding carboxylic acids is 1. The highest BCUT2D eigenvalue weighted by Gasteiger charge is 2.42. The highest BCUT2D eigenvalue weighted by molar-refractivity contribution is 7.15. The normalized spacial score (nSPS) is 29.4. The summed E-state index contributed by atoms with van der Waals surface area (Å²) in [5, 5.41) is 3.80. The monoisotopic (exact) mass is 382 g/mol. The maximum Gasteiger partial charge on any atom is 0.323 e. The molecule has 4 unspecified atom stereocenters. The van der Waals surface area contributed by atoms with Crippen LogP contribution < -0.4 is 11.1 Å². The fraction of sp³-hybridized carbons (Fsp3) is 0.524. The van der Waals surface area contributed by atoms with Crippen molar-refractivity contribution in [2.45, 2.75) is 44.1 Å². The molecule has 27 heavy (non-hydrogen) atoms. The predicted octanol–water partition coefficient (Wildman–Crippen LogP) is 3.62. The number of nitrogens with one attached hydrogen (secondary N) is 1. The highest BCUT2D eigenvalue weighted by atomic mass is 32.1. The zero-order valence-corrected chi connectivity index (χ0v) is 16.3. The van der Waals surface area contributed by atoms with Gasteiger partial charge in [-0.05, 0) is 55.4 Å². The van der Waals surface area contributed by atoms with Crippen LogP contribution in [0.25, 0.3) is 0 Å². The van der Waals surface area contributed by atoms with Crippen molar-refractivity contribution in [3.8, 4) is 0 Å². The molecule has 2 aromatic rings. The number of fused-ring (bicyclic) bond motifs is 2. The molecule has 5 rings (SSSR count). The number of anilines is 1. The van der Waals surface area contributed by atoms with Crippen LogP contribution in [0.15, 0.2) is 30.3 Å². The van der Waals surface area contributed by atoms with Gasteiger partial charge in [0.2, 0.25) is 0 Å². The summed E-state index contributed by atoms with van der Waals surface area (Å²) in [5.41, 5.74) is 8.77. The Morgan fingerprint density at radius 3 is 2.85 bits per heavy atom. The smallest absolute Gasteiger partial charge is 0.323 e. The molecule has 0 bridgehead atoms. The fourth-order valence-corrected chi connectivity index (χ4v) is 6.16. The Balaban J connectivity index is 1.24. The van der Waals surface area contributed by atoms with E-state index in [0.29, 0.717) is 17.8 Å². The minimum Gasteiger partial charge on any atom is -0.327 e. The lowest BCUT2D eigenvalue weighted by Crippen LogP contribution is -2.36. The largest absolute Gasteiger partial charge is 0.327 e. The summed E-state index contributed by atoms with van der Waals surface area (Å²) in [6, 6.07) is 11.0. The number of amides is 2. The number of hydrogen-bond donors (Lipinski definition) is 2. The van der Waals surface area contributed by atoms with E-state index in [9.17, 15) is 4.79 Å². The van der Waals surface area contributed by atoms with E-state index in [4.69, 9.17) is 10.7 Å². The maximum absolute atomic E-state index is 12.7. The number of urea groups is 1. The lowest BCUT2D eigenvalue weighted by atomic mass is 9.85. The van der Waals surface area contributed by atoms with E-state index in [1.165, 1.54) is 16.1 Å². The van der Waals surface area contributed by atoms with Crippen molar-refractivity contribution >= 4 is 22.5 Å². The SMILES string of the molecule is NC1CCC2CN(C(=O)Nc3nc4c(s3)CC(c3ccccc3)CC4)CC12. The van der Waals surface area contributed by atoms with Gasteiger partial charge in [-0.2, -0.15) is 0 Å². The zero-order chi connectivity index (χ0) is 18.4. The Kier molecular flexibility index (Phi) is 4.40. The number of nitrogens with two attached hydrogens (primary N) is 1. The number of hydrogen-bond acceptors (Lipinski definition) is 4. The number of thiazole rings is 1. The predicted molar refractivity (Wildman–Crippen MR) is 108 cm³/mol. The third-order valence-electron chi connectivity index (χ3n) is 6.62. The standard InChI is InChI=1S/C21H26N4OS/c22-17-8-6-15-11-25(12-16(15)17)21(26)24-20-23-18-9-7-14(10-19(18)27-20)13-4-2-1-3-5-13/h1-5,14-17H,6-12,22H2,(H,23,24,26). The molecule has 2 aliphatic carbocycles. The molecular formula is C21H26N4OS. The first-order valence-corrected chi connectivity index (χ1v) is 10.8. The highest BCUT2D eigenvalue weighted by Crippen LogP contribution is 2.39. The van der Waals surface area contributed by atoms with Gasteiger partial charge in [0.15, 0.2) is 5.13 Å². The Bertz CT molecular complexity index is 836. The second-order valence-corrected chi connectivity index (χ2v) is 9.32. The van der Waals surface area contributed by atoms with Crippen LogP contribution in [0.5, 0.6) is 0 Å². The van der Waals surface area contributed by atoms with Crippen LogP contribution in [-0.4, -0.2) is 35.0 Å². The summed E-state index contributed by atoms with van der Waals surface area (Å²) >= 11 is 1.65. The minimum absolute atomic E-state index is 0.0118. The summed E-state index contributed by atoms with van der Waals surface area (Å²) < 4.78 is 0. The van der Waals surface area contributed by atoms with Crippen molar-refractivity contribution in [3.63, 3.8) is 0 Å². The third-order valence-corrected chi connectivity index (χ3v) is 7.66. The van der Waals surface area contributed by atoms with Gasteiger partial charge in [0.1, 0.15) is 0 Å². The molecule has 2 fully saturated rings. The molecule has 0 spiro atoms. The Morgan fingerprint density at radius 2 is 2.04 bits per heavy atom. The number of nitrogens with zero attached hydrogens (tertiary/aromatic N) is 2. The van der Waals surface area contributed by atoms with Gasteiger partial charge in [-0.1, -0.05) is 30.3 Å². The first kappa shape index (κ1) is 17.2. The van der Waals surface area contributed by atoms with Gasteiger partial charge in [-0.15, -0.1) is 11.3 Å². The number of aryl methyl sites for hydroxylation is 1. The van der Waals surface area contributed by atoms with Crippen molar-refractivity contribution in [3.05, 3.63) is 46.5 Å². The van der Waals surface area contributed by atoms with Crippen LogP contribution in [0.3, 0.4) is 0 Å². The molecule has 142 valence electrons. The van der Waals surface area contributed by atoms with Crippen LogP contribution in [0.4, 0.5) is 9.93 Å². The molecule has 2 amide bonds. The number of benzene rings is 1. The van der Waals surface area contributed by atoms with Gasteiger partial charge in [0, 0.05) is 24.0 Å². The molecule has 1 saturated heterocycles. The maximum atomic E-state index is 12.7. The molecular weight excluding hydrogens is 356 g/mol. The van der Waals surface area contributed by atoms with E-state index in [1.54, 1.807) is 11.3 Å². The Labute approximate surface area is 164 Å². The quantitative estimate of drug-likeness (QED) is 0.833. The molecule has 4 atom stereocenters. The summed E-state index contributed by atoms with van der Waals surface area (Å²) in [5.74, 6) is 1.62. The third kappa shape index (κ3) is 3.25. The second-order valence-electron chi connectivity index (χ2n) is 8.24. The van der Waals surface area contributed by atoms with Crippen LogP contribution in [-0.2, 0) is 12.8 Å². The lowest BCUT2D eigenvalue weighted by molar-refractivity contribution is 0.218. The number of aromatic nitrogens is 1. The number of likely N-dealkylation sites (tertiary alicyclic amines) is 1. The lowest BCUT2D eigenvalue weighted by Gasteiger charge is -2.21. The molecule has 1 aliphatic heterocycles. The van der Waals surface area contributed by atoms with Gasteiger partial charge in [-0.3, -0.25) is 5.32 Å². The fourth-order valence-electron chi connectivity index (χ4n) is 5.08. The van der Waals surface area contributed by atoms with Crippen LogP contribution in [0, 0.1) is 11.8 Å². The molecule has 6 heteroatoms. The van der Waals surface area contributed by atoms with Crippen molar-refractivity contribution in [1.29, 1.82) is 0 Å². The summed E-state index contributed by atoms with van der Waals surface area (Å²) in [6.45, 7) is 1.63. The average molecular weight is 383 g/mol. The molecule has 5 nitrogen and oxygen atoms in total. The van der Waals surface area contributed by atoms with E-state index in [1.807, 2.05) is 4.90 Å². The van der Waals surface area contributed by atoms with Crippen LogP contribution in [0.1, 0.15) is 41.3 Å². The second kappa shape index (κ2) is 6.91. The van der Waals surface area contributed by atoms with Crippen molar-refractivity contribution in [1.82, 2.24) is 9.88 Å². The number of carbonyl (C=O) groups is 1. The van der Waals surface area contributed by atoms with Crippen molar-refractivity contribution in [2.24, 2.45) is 17.6 Å². The van der Waals surface area contributed by atoms with Gasteiger partial charge < -0.3 is 10.6 Å². The summed E-state index contributed by atoms with van der Waals surface area (Å²) in [6.07, 6.45) is 5.40. The molecule has 1 aromatic carbocycles. The molecule has 3 N–H and O–H groups in total. The average Bonchev–Trinajstić information content (AvgIpc) is 3.37. The van der Waals surface area contributed by atoms with E-state index < -0.39 is 0 Å². The summed E-state index contributed by atoms with van der Waals surface area (Å²) in [7, 11) is 0. The van der Waals surface area contributed by atoms with Crippen LogP contribution in [0.2, 0.25) is 0 Å². The van der Waals surface area contributed by atoms with Crippen molar-refractivity contribution in [2.75, 3.05) is 18.4 Å². The van der Waals surface area contributed by atoms with Gasteiger partial charge in [-0.25, -0.2) is 9.78 Å². The molecule has 0 radical (unpaired) electrons. The Morgan fingerprint density at radius 1 is 1.19 bits per heavy atom. The van der Waals surface area contributed by atoms with Gasteiger partial charge in [0.25, 0.3) is 0 Å². The number of rotatable bonds is 2. The van der Waals surface area contributed by atoms with E-state index in [0.717, 1.165) is 50.3 Å². The van der Waals surface area contributed by atoms with E-state index in [2.05, 4.69) is 35.6 Å². The van der Waals surface area contributed by atoms with Crippen LogP contribution >= 0.6 is 11.3 Å². The van der Waals surface area contributed by atoms with Crippen molar-refractivity contribution < 1.29 is 4.79 Å². The van der Waals surface area contributed by atoms with E-state index in [-0.39, 0.29) is 12.1 Å². The zero-order valence-electron chi connectivity index (χ0n) is 15.4. The molecule has 1 saturated carbocycles. The summed E-state index contributed by atoms with van der Waals surface area (Å²) in [4.78, 5) is 20.7.